The molecule has 0 aliphatic carbocycles. The van der Waals surface area contributed by atoms with Crippen LogP contribution in [0.1, 0.15) is 11.3 Å². The number of aromatic amines is 1. The lowest BCUT2D eigenvalue weighted by molar-refractivity contribution is -0.140. The van der Waals surface area contributed by atoms with Gasteiger partial charge < -0.3 is 4.98 Å². The molecule has 1 heterocycles. The van der Waals surface area contributed by atoms with Crippen molar-refractivity contribution in [2.24, 2.45) is 0 Å². The molecular weight excluding hydrogens is 221 g/mol. The number of halogens is 3. The van der Waals surface area contributed by atoms with Gasteiger partial charge in [-0.25, -0.2) is 4.79 Å². The number of rotatable bonds is 0. The smallest absolute Gasteiger partial charge is 0.301 e. The molecule has 0 saturated heterocycles. The van der Waals surface area contributed by atoms with Gasteiger partial charge in [-0.1, -0.05) is 18.2 Å². The molecule has 16 heavy (non-hydrogen) atoms. The maximum atomic E-state index is 12.6. The Bertz CT molecular complexity index is 601. The van der Waals surface area contributed by atoms with Gasteiger partial charge in [0, 0.05) is 5.39 Å². The van der Waals surface area contributed by atoms with Crippen LogP contribution in [0.25, 0.3) is 10.9 Å². The normalized spacial score (nSPS) is 12.0. The molecule has 0 amide bonds. The Hall–Kier alpha value is -1.85. The van der Waals surface area contributed by atoms with E-state index in [2.05, 4.69) is 4.98 Å². The minimum absolute atomic E-state index is 0.0820. The minimum atomic E-state index is -4.59. The van der Waals surface area contributed by atoms with Crippen LogP contribution in [0.3, 0.4) is 0 Å². The van der Waals surface area contributed by atoms with Crippen LogP contribution in [-0.4, -0.2) is 9.97 Å². The zero-order valence-corrected chi connectivity index (χ0v) is 8.22. The quantitative estimate of drug-likeness (QED) is 0.751. The van der Waals surface area contributed by atoms with Crippen molar-refractivity contribution in [2.75, 3.05) is 0 Å². The number of aromatic nitrogens is 2. The molecule has 0 bridgehead atoms. The van der Waals surface area contributed by atoms with Gasteiger partial charge in [-0.3, -0.25) is 0 Å². The number of nitrogens with one attached hydrogen (secondary N) is 1. The van der Waals surface area contributed by atoms with E-state index < -0.39 is 17.6 Å². The molecule has 0 unspecified atom stereocenters. The Kier molecular flexibility index (Phi) is 2.22. The summed E-state index contributed by atoms with van der Waals surface area (Å²) in [7, 11) is 0. The lowest BCUT2D eigenvalue weighted by Gasteiger charge is -2.09. The fraction of sp³-hybridized carbons (Fsp3) is 0.200. The molecule has 3 nitrogen and oxygen atoms in total. The number of hydrogen-bond acceptors (Lipinski definition) is 2. The average Bonchev–Trinajstić information content (AvgIpc) is 2.17. The van der Waals surface area contributed by atoms with Gasteiger partial charge >= 0.3 is 11.9 Å². The summed E-state index contributed by atoms with van der Waals surface area (Å²) in [5.74, 6) is 0. The number of nitrogens with zero attached hydrogens (tertiary/aromatic N) is 1. The highest BCUT2D eigenvalue weighted by molar-refractivity contribution is 5.83. The molecule has 0 atom stereocenters. The number of aryl methyl sites for hydroxylation is 1. The van der Waals surface area contributed by atoms with Crippen LogP contribution >= 0.6 is 0 Å². The van der Waals surface area contributed by atoms with Crippen molar-refractivity contribution in [2.45, 2.75) is 13.1 Å². The van der Waals surface area contributed by atoms with Crippen LogP contribution < -0.4 is 5.69 Å². The summed E-state index contributed by atoms with van der Waals surface area (Å²) in [5.41, 5.74) is -1.42. The molecule has 1 aromatic carbocycles. The van der Waals surface area contributed by atoms with Crippen molar-refractivity contribution < 1.29 is 13.2 Å². The zero-order chi connectivity index (χ0) is 11.9. The highest BCUT2D eigenvalue weighted by Crippen LogP contribution is 2.32. The summed E-state index contributed by atoms with van der Waals surface area (Å²) in [5, 5.41) is -0.0906. The topological polar surface area (TPSA) is 45.8 Å². The van der Waals surface area contributed by atoms with Crippen LogP contribution in [0.2, 0.25) is 0 Å². The molecule has 84 valence electrons. The zero-order valence-electron chi connectivity index (χ0n) is 8.22. The summed E-state index contributed by atoms with van der Waals surface area (Å²) in [6, 6.07) is 4.38. The number of benzene rings is 1. The average molecular weight is 228 g/mol. The van der Waals surface area contributed by atoms with Gasteiger partial charge in [0.2, 0.25) is 0 Å². The monoisotopic (exact) mass is 228 g/mol. The van der Waals surface area contributed by atoms with E-state index in [1.165, 1.54) is 12.1 Å². The highest BCUT2D eigenvalue weighted by Gasteiger charge is 2.34. The van der Waals surface area contributed by atoms with E-state index in [1.807, 2.05) is 0 Å². The Balaban J connectivity index is 2.95. The summed E-state index contributed by atoms with van der Waals surface area (Å²) >= 11 is 0. The van der Waals surface area contributed by atoms with Crippen LogP contribution in [0.4, 0.5) is 13.2 Å². The molecule has 0 spiro atoms. The van der Waals surface area contributed by atoms with Gasteiger partial charge in [-0.15, -0.1) is 0 Å². The Labute approximate surface area is 87.9 Å². The van der Waals surface area contributed by atoms with Crippen LogP contribution in [0.15, 0.2) is 23.0 Å². The Morgan fingerprint density at radius 2 is 2.00 bits per heavy atom. The number of para-hydroxylation sites is 1. The number of alkyl halides is 3. The van der Waals surface area contributed by atoms with Gasteiger partial charge in [0.25, 0.3) is 0 Å². The molecule has 0 fully saturated rings. The second kappa shape index (κ2) is 3.33. The molecule has 0 aliphatic rings. The number of hydrogen-bond donors (Lipinski definition) is 1. The van der Waals surface area contributed by atoms with E-state index in [9.17, 15) is 18.0 Å². The van der Waals surface area contributed by atoms with Gasteiger partial charge in [0.05, 0.1) is 5.52 Å². The summed E-state index contributed by atoms with van der Waals surface area (Å²) < 4.78 is 37.9. The molecule has 2 rings (SSSR count). The largest absolute Gasteiger partial charge is 0.432 e. The Morgan fingerprint density at radius 3 is 2.62 bits per heavy atom. The Morgan fingerprint density at radius 1 is 1.31 bits per heavy atom. The standard InChI is InChI=1S/C10H7F3N2O/c1-5-3-2-4-6-7(5)14-9(16)15-8(6)10(11,12)13/h2-4H,1H3,(H,14,15,16). The van der Waals surface area contributed by atoms with E-state index in [1.54, 1.807) is 18.0 Å². The second-order valence-electron chi connectivity index (χ2n) is 3.39. The third-order valence-corrected chi connectivity index (χ3v) is 2.24. The number of fused-ring (bicyclic) bond motifs is 1. The first-order valence-corrected chi connectivity index (χ1v) is 4.46. The van der Waals surface area contributed by atoms with Crippen LogP contribution in [-0.2, 0) is 6.18 Å². The van der Waals surface area contributed by atoms with Gasteiger partial charge in [-0.05, 0) is 12.5 Å². The molecule has 0 radical (unpaired) electrons. The first-order valence-electron chi connectivity index (χ1n) is 4.46. The molecule has 0 aliphatic heterocycles. The minimum Gasteiger partial charge on any atom is -0.301 e. The van der Waals surface area contributed by atoms with E-state index >= 15 is 0 Å². The predicted molar refractivity (Wildman–Crippen MR) is 52.1 cm³/mol. The second-order valence-corrected chi connectivity index (χ2v) is 3.39. The fourth-order valence-corrected chi connectivity index (χ4v) is 1.54. The molecule has 2 aromatic rings. The van der Waals surface area contributed by atoms with Crippen molar-refractivity contribution in [3.63, 3.8) is 0 Å². The molecule has 0 saturated carbocycles. The fourth-order valence-electron chi connectivity index (χ4n) is 1.54. The van der Waals surface area contributed by atoms with Crippen molar-refractivity contribution in [3.05, 3.63) is 39.9 Å². The third-order valence-electron chi connectivity index (χ3n) is 2.24. The van der Waals surface area contributed by atoms with Gasteiger partial charge in [0.1, 0.15) is 5.69 Å². The third kappa shape index (κ3) is 1.66. The van der Waals surface area contributed by atoms with Crippen LogP contribution in [0.5, 0.6) is 0 Å². The summed E-state index contributed by atoms with van der Waals surface area (Å²) in [6.45, 7) is 1.61. The van der Waals surface area contributed by atoms with E-state index in [0.29, 0.717) is 5.56 Å². The van der Waals surface area contributed by atoms with Gasteiger partial charge in [0.15, 0.2) is 0 Å². The first kappa shape index (κ1) is 10.7. The maximum Gasteiger partial charge on any atom is 0.432 e. The lowest BCUT2D eigenvalue weighted by Crippen LogP contribution is -2.19. The van der Waals surface area contributed by atoms with Crippen molar-refractivity contribution in [1.29, 1.82) is 0 Å². The van der Waals surface area contributed by atoms with Crippen molar-refractivity contribution in [1.82, 2.24) is 9.97 Å². The predicted octanol–water partition coefficient (Wildman–Crippen LogP) is 2.25. The molecular formula is C10H7F3N2O. The van der Waals surface area contributed by atoms with E-state index in [4.69, 9.17) is 0 Å². The lowest BCUT2D eigenvalue weighted by atomic mass is 10.1. The maximum absolute atomic E-state index is 12.6. The van der Waals surface area contributed by atoms with Gasteiger partial charge in [-0.2, -0.15) is 18.2 Å². The SMILES string of the molecule is Cc1cccc2c(C(F)(F)F)[nH]c(=O)nc12. The van der Waals surface area contributed by atoms with E-state index in [0.717, 1.165) is 0 Å². The number of H-pyrrole nitrogens is 1. The van der Waals surface area contributed by atoms with Crippen molar-refractivity contribution in [3.8, 4) is 0 Å². The molecule has 1 N–H and O–H groups in total. The highest BCUT2D eigenvalue weighted by atomic mass is 19.4. The first-order chi connectivity index (χ1) is 7.39. The molecule has 6 heteroatoms. The summed E-state index contributed by atoms with van der Waals surface area (Å²) in [6.07, 6.45) is -4.59. The summed E-state index contributed by atoms with van der Waals surface area (Å²) in [4.78, 5) is 16.3. The van der Waals surface area contributed by atoms with E-state index in [-0.39, 0.29) is 10.9 Å². The van der Waals surface area contributed by atoms with Crippen LogP contribution in [0, 0.1) is 6.92 Å². The van der Waals surface area contributed by atoms with Crippen molar-refractivity contribution >= 4 is 10.9 Å². The molecule has 1 aromatic heterocycles.